The van der Waals surface area contributed by atoms with Crippen LogP contribution in [0.2, 0.25) is 0 Å². The highest BCUT2D eigenvalue weighted by molar-refractivity contribution is 6.51. The highest BCUT2D eigenvalue weighted by Gasteiger charge is 2.47. The van der Waals surface area contributed by atoms with E-state index in [4.69, 9.17) is 4.74 Å². The summed E-state index contributed by atoms with van der Waals surface area (Å²) in [5, 5.41) is 11.3. The number of ketones is 1. The van der Waals surface area contributed by atoms with E-state index in [0.717, 1.165) is 11.1 Å². The molecule has 1 heterocycles. The van der Waals surface area contributed by atoms with Gasteiger partial charge in [0, 0.05) is 11.3 Å². The van der Waals surface area contributed by atoms with Gasteiger partial charge in [0.15, 0.2) is 0 Å². The van der Waals surface area contributed by atoms with E-state index in [1.54, 1.807) is 37.4 Å². The number of ether oxygens (including phenoxy) is 1. The zero-order chi connectivity index (χ0) is 24.6. The smallest absolute Gasteiger partial charge is 0.300 e. The van der Waals surface area contributed by atoms with E-state index in [2.05, 4.69) is 0 Å². The van der Waals surface area contributed by atoms with Crippen LogP contribution in [0.1, 0.15) is 48.1 Å². The maximum atomic E-state index is 13.7. The molecular formula is C28H26FNO4. The van der Waals surface area contributed by atoms with Gasteiger partial charge in [0.25, 0.3) is 11.7 Å². The van der Waals surface area contributed by atoms with Crippen molar-refractivity contribution in [2.75, 3.05) is 12.0 Å². The molecule has 6 heteroatoms. The Hall–Kier alpha value is -3.93. The highest BCUT2D eigenvalue weighted by atomic mass is 19.1. The number of aliphatic hydroxyl groups excluding tert-OH is 1. The number of carbonyl (C=O) groups is 2. The Kier molecular flexibility index (Phi) is 6.24. The molecule has 174 valence electrons. The topological polar surface area (TPSA) is 66.8 Å². The van der Waals surface area contributed by atoms with E-state index in [-0.39, 0.29) is 17.3 Å². The number of hydrogen-bond donors (Lipinski definition) is 1. The van der Waals surface area contributed by atoms with Crippen molar-refractivity contribution in [1.82, 2.24) is 0 Å². The van der Waals surface area contributed by atoms with Crippen LogP contribution in [0.5, 0.6) is 5.75 Å². The number of Topliss-reactive ketones (excluding diaryl/α,β-unsaturated/α-hetero) is 1. The predicted molar refractivity (Wildman–Crippen MR) is 129 cm³/mol. The molecule has 0 aliphatic carbocycles. The summed E-state index contributed by atoms with van der Waals surface area (Å²) >= 11 is 0. The normalized spacial score (nSPS) is 17.5. The van der Waals surface area contributed by atoms with Crippen molar-refractivity contribution in [3.8, 4) is 5.75 Å². The van der Waals surface area contributed by atoms with Crippen LogP contribution in [0.3, 0.4) is 0 Å². The van der Waals surface area contributed by atoms with Crippen LogP contribution in [-0.4, -0.2) is 23.9 Å². The van der Waals surface area contributed by atoms with Crippen molar-refractivity contribution in [1.29, 1.82) is 0 Å². The molecule has 34 heavy (non-hydrogen) atoms. The third-order valence-electron chi connectivity index (χ3n) is 6.07. The molecule has 3 aromatic rings. The number of rotatable bonds is 5. The van der Waals surface area contributed by atoms with Gasteiger partial charge in [-0.3, -0.25) is 14.5 Å². The Morgan fingerprint density at radius 2 is 1.65 bits per heavy atom. The second-order valence-electron chi connectivity index (χ2n) is 8.67. The Bertz CT molecular complexity index is 1280. The van der Waals surface area contributed by atoms with Crippen molar-refractivity contribution in [3.63, 3.8) is 0 Å². The van der Waals surface area contributed by atoms with Gasteiger partial charge in [-0.05, 0) is 66.4 Å². The fraction of sp³-hybridized carbons (Fsp3) is 0.214. The average molecular weight is 460 g/mol. The molecule has 4 rings (SSSR count). The van der Waals surface area contributed by atoms with Gasteiger partial charge in [-0.15, -0.1) is 0 Å². The maximum Gasteiger partial charge on any atom is 0.300 e. The minimum atomic E-state index is -0.909. The summed E-state index contributed by atoms with van der Waals surface area (Å²) in [6.07, 6.45) is 0. The first-order chi connectivity index (χ1) is 16.2. The first-order valence-electron chi connectivity index (χ1n) is 11.0. The lowest BCUT2D eigenvalue weighted by atomic mass is 9.93. The summed E-state index contributed by atoms with van der Waals surface area (Å²) in [7, 11) is 1.57. The molecule has 0 spiro atoms. The molecule has 1 unspecified atom stereocenters. The van der Waals surface area contributed by atoms with Gasteiger partial charge >= 0.3 is 0 Å². The Morgan fingerprint density at radius 1 is 1.00 bits per heavy atom. The number of amides is 1. The van der Waals surface area contributed by atoms with Crippen LogP contribution in [0.4, 0.5) is 10.1 Å². The number of hydrogen-bond acceptors (Lipinski definition) is 4. The van der Waals surface area contributed by atoms with E-state index in [0.29, 0.717) is 22.6 Å². The monoisotopic (exact) mass is 459 g/mol. The van der Waals surface area contributed by atoms with E-state index in [1.807, 2.05) is 32.9 Å². The van der Waals surface area contributed by atoms with Gasteiger partial charge in [-0.25, -0.2) is 4.39 Å². The van der Waals surface area contributed by atoms with Crippen LogP contribution in [0, 0.1) is 12.7 Å². The lowest BCUT2D eigenvalue weighted by Crippen LogP contribution is -2.29. The minimum Gasteiger partial charge on any atom is -0.507 e. The largest absolute Gasteiger partial charge is 0.507 e. The minimum absolute atomic E-state index is 0.0444. The molecule has 0 aromatic heterocycles. The third-order valence-corrected chi connectivity index (χ3v) is 6.07. The number of carbonyl (C=O) groups excluding carboxylic acids is 2. The molecule has 3 aromatic carbocycles. The molecular weight excluding hydrogens is 433 g/mol. The van der Waals surface area contributed by atoms with Crippen LogP contribution in [0.25, 0.3) is 5.76 Å². The Morgan fingerprint density at radius 3 is 2.24 bits per heavy atom. The number of methoxy groups -OCH3 is 1. The number of halogens is 1. The highest BCUT2D eigenvalue weighted by Crippen LogP contribution is 2.42. The summed E-state index contributed by atoms with van der Waals surface area (Å²) in [5.74, 6) is -1.50. The summed E-state index contributed by atoms with van der Waals surface area (Å²) < 4.78 is 19.1. The second-order valence-corrected chi connectivity index (χ2v) is 8.67. The third kappa shape index (κ3) is 4.07. The summed E-state index contributed by atoms with van der Waals surface area (Å²) in [6.45, 7) is 5.92. The van der Waals surface area contributed by atoms with Gasteiger partial charge in [0.2, 0.25) is 0 Å². The maximum absolute atomic E-state index is 13.7. The van der Waals surface area contributed by atoms with Gasteiger partial charge in [0.05, 0.1) is 18.7 Å². The van der Waals surface area contributed by atoms with Crippen molar-refractivity contribution in [2.45, 2.75) is 32.7 Å². The Balaban J connectivity index is 1.94. The summed E-state index contributed by atoms with van der Waals surface area (Å²) in [6, 6.07) is 17.0. The number of aryl methyl sites for hydroxylation is 1. The zero-order valence-corrected chi connectivity index (χ0v) is 19.5. The first-order valence-corrected chi connectivity index (χ1v) is 11.0. The number of nitrogens with zero attached hydrogens (tertiary/aromatic N) is 1. The second kappa shape index (κ2) is 9.14. The summed E-state index contributed by atoms with van der Waals surface area (Å²) in [4.78, 5) is 27.8. The van der Waals surface area contributed by atoms with E-state index >= 15 is 0 Å². The molecule has 0 radical (unpaired) electrons. The van der Waals surface area contributed by atoms with Crippen molar-refractivity contribution >= 4 is 23.1 Å². The molecule has 1 atom stereocenters. The molecule has 1 aliphatic heterocycles. The van der Waals surface area contributed by atoms with Crippen LogP contribution < -0.4 is 9.64 Å². The molecule has 1 N–H and O–H groups in total. The SMILES string of the molecule is COc1ccc(/C(O)=C2/C(=O)C(=O)N(c3ccc(C)cc3)C2c2ccc(F)cc2)cc1C(C)C. The van der Waals surface area contributed by atoms with Crippen molar-refractivity contribution in [3.05, 3.63) is 100 Å². The molecule has 5 nitrogen and oxygen atoms in total. The standard InChI is InChI=1S/C28H26FNO4/c1-16(2)22-15-19(9-14-23(22)34-4)26(31)24-25(18-7-10-20(29)11-8-18)30(28(33)27(24)32)21-12-5-17(3)6-13-21/h5-16,25,31H,1-4H3/b26-24-. The van der Waals surface area contributed by atoms with Gasteiger partial charge in [0.1, 0.15) is 17.3 Å². The molecule has 1 amide bonds. The van der Waals surface area contributed by atoms with Gasteiger partial charge in [-0.2, -0.15) is 0 Å². The number of anilines is 1. The first kappa shape index (κ1) is 23.2. The van der Waals surface area contributed by atoms with E-state index in [1.165, 1.54) is 29.2 Å². The fourth-order valence-electron chi connectivity index (χ4n) is 4.25. The van der Waals surface area contributed by atoms with E-state index in [9.17, 15) is 19.1 Å². The predicted octanol–water partition coefficient (Wildman–Crippen LogP) is 5.89. The average Bonchev–Trinajstić information content (AvgIpc) is 3.09. The molecule has 1 aliphatic rings. The van der Waals surface area contributed by atoms with Crippen LogP contribution in [-0.2, 0) is 9.59 Å². The van der Waals surface area contributed by atoms with Crippen molar-refractivity contribution in [2.24, 2.45) is 0 Å². The number of benzene rings is 3. The Labute approximate surface area is 198 Å². The molecule has 0 saturated carbocycles. The molecule has 1 saturated heterocycles. The zero-order valence-electron chi connectivity index (χ0n) is 19.5. The number of aliphatic hydroxyl groups is 1. The lowest BCUT2D eigenvalue weighted by Gasteiger charge is -2.25. The lowest BCUT2D eigenvalue weighted by molar-refractivity contribution is -0.132. The quantitative estimate of drug-likeness (QED) is 0.293. The van der Waals surface area contributed by atoms with Gasteiger partial charge < -0.3 is 9.84 Å². The van der Waals surface area contributed by atoms with Crippen LogP contribution >= 0.6 is 0 Å². The molecule has 1 fully saturated rings. The van der Waals surface area contributed by atoms with Gasteiger partial charge in [-0.1, -0.05) is 43.7 Å². The van der Waals surface area contributed by atoms with Crippen LogP contribution in [0.15, 0.2) is 72.3 Å². The van der Waals surface area contributed by atoms with E-state index < -0.39 is 23.5 Å². The fourth-order valence-corrected chi connectivity index (χ4v) is 4.25. The van der Waals surface area contributed by atoms with Crippen molar-refractivity contribution < 1.29 is 23.8 Å². The molecule has 0 bridgehead atoms. The summed E-state index contributed by atoms with van der Waals surface area (Å²) in [5.41, 5.74) is 3.24.